The van der Waals surface area contributed by atoms with Crippen molar-refractivity contribution in [3.8, 4) is 0 Å². The van der Waals surface area contributed by atoms with Crippen molar-refractivity contribution in [1.82, 2.24) is 14.4 Å². The first-order valence-electron chi connectivity index (χ1n) is 7.14. The monoisotopic (exact) mass is 383 g/mol. The molecule has 0 amide bonds. The molecule has 0 aliphatic carbocycles. The molecule has 7 heteroatoms. The average molecular weight is 384 g/mol. The molecule has 0 radical (unpaired) electrons. The number of hydrogen-bond acceptors (Lipinski definition) is 5. The van der Waals surface area contributed by atoms with Crippen LogP contribution in [0.5, 0.6) is 0 Å². The van der Waals surface area contributed by atoms with Gasteiger partial charge in [-0.05, 0) is 40.2 Å². The Balaban J connectivity index is 2.01. The van der Waals surface area contributed by atoms with E-state index >= 15 is 0 Å². The van der Waals surface area contributed by atoms with E-state index in [4.69, 9.17) is 4.42 Å². The van der Waals surface area contributed by atoms with Crippen LogP contribution in [0.2, 0.25) is 0 Å². The molecule has 24 heavy (non-hydrogen) atoms. The van der Waals surface area contributed by atoms with E-state index in [2.05, 4.69) is 25.9 Å². The number of aryl methyl sites for hydroxylation is 1. The van der Waals surface area contributed by atoms with Crippen molar-refractivity contribution >= 4 is 38.1 Å². The van der Waals surface area contributed by atoms with Crippen LogP contribution in [-0.2, 0) is 0 Å². The molecule has 3 aromatic heterocycles. The molecule has 118 valence electrons. The van der Waals surface area contributed by atoms with Crippen LogP contribution in [0.3, 0.4) is 0 Å². The van der Waals surface area contributed by atoms with E-state index in [1.54, 1.807) is 41.8 Å². The topological polar surface area (TPSA) is 77.5 Å². The normalized spacial score (nSPS) is 11.2. The minimum Gasteiger partial charge on any atom is -0.408 e. The predicted octanol–water partition coefficient (Wildman–Crippen LogP) is 3.14. The fourth-order valence-electron chi connectivity index (χ4n) is 2.70. The molecule has 0 atom stereocenters. The van der Waals surface area contributed by atoms with Crippen LogP contribution in [0, 0.1) is 6.92 Å². The third kappa shape index (κ3) is 2.16. The van der Waals surface area contributed by atoms with Gasteiger partial charge < -0.3 is 4.42 Å². The Morgan fingerprint density at radius 3 is 2.83 bits per heavy atom. The summed E-state index contributed by atoms with van der Waals surface area (Å²) in [7, 11) is 0. The zero-order valence-electron chi connectivity index (χ0n) is 12.5. The number of ketones is 1. The zero-order valence-corrected chi connectivity index (χ0v) is 14.1. The highest BCUT2D eigenvalue weighted by Crippen LogP contribution is 2.22. The maximum Gasteiger partial charge on any atom is 0.347 e. The zero-order chi connectivity index (χ0) is 16.8. The van der Waals surface area contributed by atoms with Gasteiger partial charge in [0, 0.05) is 18.7 Å². The molecule has 3 heterocycles. The predicted molar refractivity (Wildman–Crippen MR) is 91.3 cm³/mol. The molecule has 0 aliphatic heterocycles. The highest BCUT2D eigenvalue weighted by molar-refractivity contribution is 9.10. The summed E-state index contributed by atoms with van der Waals surface area (Å²) in [4.78, 5) is 33.7. The van der Waals surface area contributed by atoms with Gasteiger partial charge in [-0.25, -0.2) is 14.8 Å². The Hall–Kier alpha value is -2.80. The van der Waals surface area contributed by atoms with E-state index in [1.165, 1.54) is 0 Å². The molecule has 0 saturated carbocycles. The molecule has 0 unspecified atom stereocenters. The molecule has 1 aromatic carbocycles. The lowest BCUT2D eigenvalue weighted by atomic mass is 10.1. The number of fused-ring (bicyclic) bond motifs is 2. The van der Waals surface area contributed by atoms with Crippen molar-refractivity contribution in [2.45, 2.75) is 6.92 Å². The molecular weight excluding hydrogens is 374 g/mol. The van der Waals surface area contributed by atoms with Crippen molar-refractivity contribution in [3.05, 3.63) is 74.9 Å². The van der Waals surface area contributed by atoms with Gasteiger partial charge in [-0.2, -0.15) is 0 Å². The minimum absolute atomic E-state index is 0.164. The van der Waals surface area contributed by atoms with Crippen LogP contribution in [0.4, 0.5) is 0 Å². The summed E-state index contributed by atoms with van der Waals surface area (Å²) in [5.41, 5.74) is 0.829. The van der Waals surface area contributed by atoms with Crippen molar-refractivity contribution in [1.29, 1.82) is 0 Å². The first-order chi connectivity index (χ1) is 11.6. The molecule has 0 spiro atoms. The van der Waals surface area contributed by atoms with E-state index in [-0.39, 0.29) is 28.4 Å². The lowest BCUT2D eigenvalue weighted by Crippen LogP contribution is -2.13. The van der Waals surface area contributed by atoms with E-state index in [0.29, 0.717) is 10.1 Å². The Morgan fingerprint density at radius 1 is 1.17 bits per heavy atom. The maximum atomic E-state index is 13.0. The van der Waals surface area contributed by atoms with Gasteiger partial charge in [-0.1, -0.05) is 12.1 Å². The van der Waals surface area contributed by atoms with Gasteiger partial charge >= 0.3 is 5.63 Å². The summed E-state index contributed by atoms with van der Waals surface area (Å²) in [6.07, 6.45) is 1.75. The lowest BCUT2D eigenvalue weighted by Gasteiger charge is -2.04. The summed E-state index contributed by atoms with van der Waals surface area (Å²) < 4.78 is 7.29. The molecule has 0 bridgehead atoms. The number of carbonyl (C=O) groups is 1. The van der Waals surface area contributed by atoms with Gasteiger partial charge in [0.25, 0.3) is 0 Å². The highest BCUT2D eigenvalue weighted by atomic mass is 79.9. The first-order valence-corrected chi connectivity index (χ1v) is 7.93. The molecule has 0 saturated heterocycles. The molecule has 0 aliphatic rings. The largest absolute Gasteiger partial charge is 0.408 e. The van der Waals surface area contributed by atoms with Crippen molar-refractivity contribution in [2.24, 2.45) is 0 Å². The highest BCUT2D eigenvalue weighted by Gasteiger charge is 2.22. The fraction of sp³-hybridized carbons (Fsp3) is 0.0588. The van der Waals surface area contributed by atoms with Crippen LogP contribution in [0.25, 0.3) is 16.4 Å². The third-order valence-electron chi connectivity index (χ3n) is 3.72. The van der Waals surface area contributed by atoms with Crippen molar-refractivity contribution in [2.75, 3.05) is 0 Å². The van der Waals surface area contributed by atoms with Crippen LogP contribution >= 0.6 is 15.9 Å². The molecule has 0 fully saturated rings. The maximum absolute atomic E-state index is 13.0. The van der Waals surface area contributed by atoms with Crippen molar-refractivity contribution < 1.29 is 9.21 Å². The Bertz CT molecular complexity index is 1180. The average Bonchev–Trinajstić information content (AvgIpc) is 2.91. The lowest BCUT2D eigenvalue weighted by molar-refractivity contribution is 0.103. The quantitative estimate of drug-likeness (QED) is 0.497. The van der Waals surface area contributed by atoms with Gasteiger partial charge in [-0.3, -0.25) is 9.20 Å². The van der Waals surface area contributed by atoms with Gasteiger partial charge in [0.15, 0.2) is 11.7 Å². The van der Waals surface area contributed by atoms with Crippen LogP contribution in [0.1, 0.15) is 22.1 Å². The van der Waals surface area contributed by atoms with Gasteiger partial charge in [0.1, 0.15) is 4.60 Å². The van der Waals surface area contributed by atoms with Gasteiger partial charge in [0.05, 0.1) is 16.4 Å². The second-order valence-corrected chi connectivity index (χ2v) is 5.98. The standard InChI is InChI=1S/C17H10BrN3O3/c1-9-19-11-6-4-5-10(13(11)17(23)24-9)14(22)16-20-15(18)12-7-2-3-8-21(12)16/h2-8H,1H3. The van der Waals surface area contributed by atoms with Crippen molar-refractivity contribution in [3.63, 3.8) is 0 Å². The Labute approximate surface area is 143 Å². The third-order valence-corrected chi connectivity index (χ3v) is 4.30. The summed E-state index contributed by atoms with van der Waals surface area (Å²) in [6, 6.07) is 10.4. The number of nitrogens with zero attached hydrogens (tertiary/aromatic N) is 3. The number of hydrogen-bond donors (Lipinski definition) is 0. The van der Waals surface area contributed by atoms with E-state index in [0.717, 1.165) is 5.52 Å². The number of rotatable bonds is 2. The van der Waals surface area contributed by atoms with Crippen LogP contribution in [-0.4, -0.2) is 20.2 Å². The number of aromatic nitrogens is 3. The number of imidazole rings is 1. The molecule has 6 nitrogen and oxygen atoms in total. The Morgan fingerprint density at radius 2 is 2.00 bits per heavy atom. The second kappa shape index (κ2) is 5.38. The first kappa shape index (κ1) is 14.8. The summed E-state index contributed by atoms with van der Waals surface area (Å²) in [5.74, 6) is 0.0986. The molecule has 0 N–H and O–H groups in total. The van der Waals surface area contributed by atoms with E-state index in [1.807, 2.05) is 12.1 Å². The molecule has 4 rings (SSSR count). The number of pyridine rings is 1. The summed E-state index contributed by atoms with van der Waals surface area (Å²) >= 11 is 3.36. The summed E-state index contributed by atoms with van der Waals surface area (Å²) in [6.45, 7) is 1.59. The second-order valence-electron chi connectivity index (χ2n) is 5.23. The minimum atomic E-state index is -0.582. The number of benzene rings is 1. The number of halogens is 1. The van der Waals surface area contributed by atoms with Gasteiger partial charge in [-0.15, -0.1) is 0 Å². The Kier molecular flexibility index (Phi) is 3.31. The molecule has 4 aromatic rings. The SMILES string of the molecule is Cc1nc2cccc(C(=O)c3nc(Br)c4ccccn34)c2c(=O)o1. The van der Waals surface area contributed by atoms with E-state index < -0.39 is 5.63 Å². The summed E-state index contributed by atoms with van der Waals surface area (Å²) in [5, 5.41) is 0.164. The van der Waals surface area contributed by atoms with E-state index in [9.17, 15) is 9.59 Å². The van der Waals surface area contributed by atoms with Gasteiger partial charge in [0.2, 0.25) is 5.78 Å². The molecular formula is C17H10BrN3O3. The number of carbonyl (C=O) groups excluding carboxylic acids is 1. The fourth-order valence-corrected chi connectivity index (χ4v) is 3.19. The van der Waals surface area contributed by atoms with Crippen LogP contribution in [0.15, 0.2) is 56.4 Å². The van der Waals surface area contributed by atoms with Crippen LogP contribution < -0.4 is 5.63 Å². The smallest absolute Gasteiger partial charge is 0.347 e.